The third kappa shape index (κ3) is 2.87. The van der Waals surface area contributed by atoms with Crippen LogP contribution < -0.4 is 5.32 Å². The molecule has 0 aliphatic heterocycles. The van der Waals surface area contributed by atoms with E-state index in [0.29, 0.717) is 21.8 Å². The Labute approximate surface area is 114 Å². The number of halogens is 1. The maximum atomic E-state index is 10.9. The van der Waals surface area contributed by atoms with Crippen molar-refractivity contribution >= 4 is 23.3 Å². The zero-order chi connectivity index (χ0) is 13.8. The van der Waals surface area contributed by atoms with E-state index in [4.69, 9.17) is 26.4 Å². The Morgan fingerprint density at radius 3 is 2.95 bits per heavy atom. The Balaban J connectivity index is 2.17. The van der Waals surface area contributed by atoms with Crippen molar-refractivity contribution in [2.45, 2.75) is 6.54 Å². The molecule has 0 radical (unpaired) electrons. The number of carbonyl (C=O) groups is 1. The molecule has 0 amide bonds. The quantitative estimate of drug-likeness (QED) is 0.896. The summed E-state index contributed by atoms with van der Waals surface area (Å²) in [6.07, 6.45) is 1.31. The van der Waals surface area contributed by atoms with Crippen molar-refractivity contribution < 1.29 is 14.3 Å². The van der Waals surface area contributed by atoms with Gasteiger partial charge in [0.25, 0.3) is 0 Å². The number of carboxylic acids is 1. The number of aromatic carboxylic acids is 1. The molecule has 0 aliphatic rings. The predicted molar refractivity (Wildman–Crippen MR) is 69.2 cm³/mol. The van der Waals surface area contributed by atoms with Crippen molar-refractivity contribution in [1.29, 1.82) is 5.26 Å². The number of nitrogens with zero attached hydrogens (tertiary/aromatic N) is 1. The summed E-state index contributed by atoms with van der Waals surface area (Å²) in [5.74, 6) is -1.24. The van der Waals surface area contributed by atoms with E-state index in [0.717, 1.165) is 0 Å². The number of rotatable bonds is 4. The summed E-state index contributed by atoms with van der Waals surface area (Å²) in [6, 6.07) is 8.39. The minimum absolute atomic E-state index is 0.111. The number of nitriles is 1. The van der Waals surface area contributed by atoms with E-state index in [1.807, 2.05) is 6.07 Å². The fourth-order valence-electron chi connectivity index (χ4n) is 1.58. The van der Waals surface area contributed by atoms with E-state index >= 15 is 0 Å². The monoisotopic (exact) mass is 276 g/mol. The van der Waals surface area contributed by atoms with Crippen molar-refractivity contribution in [2.24, 2.45) is 0 Å². The zero-order valence-electron chi connectivity index (χ0n) is 9.68. The SMILES string of the molecule is N#Cc1ccc(Cl)c(NCc2ccoc2C(=O)O)c1. The molecular weight excluding hydrogens is 268 g/mol. The van der Waals surface area contributed by atoms with E-state index in [1.54, 1.807) is 24.3 Å². The van der Waals surface area contributed by atoms with Gasteiger partial charge in [0.15, 0.2) is 0 Å². The van der Waals surface area contributed by atoms with Crippen LogP contribution in [0.3, 0.4) is 0 Å². The first-order chi connectivity index (χ1) is 9.11. The van der Waals surface area contributed by atoms with Crippen LogP contribution in [0.5, 0.6) is 0 Å². The number of nitrogens with one attached hydrogen (secondary N) is 1. The molecule has 5 nitrogen and oxygen atoms in total. The molecule has 0 bridgehead atoms. The fourth-order valence-corrected chi connectivity index (χ4v) is 1.77. The smallest absolute Gasteiger partial charge is 0.372 e. The van der Waals surface area contributed by atoms with Crippen LogP contribution in [-0.2, 0) is 6.54 Å². The highest BCUT2D eigenvalue weighted by Gasteiger charge is 2.13. The van der Waals surface area contributed by atoms with E-state index in [-0.39, 0.29) is 12.3 Å². The number of hydrogen-bond acceptors (Lipinski definition) is 4. The van der Waals surface area contributed by atoms with Gasteiger partial charge in [0.1, 0.15) is 0 Å². The average Bonchev–Trinajstić information content (AvgIpc) is 2.86. The molecular formula is C13H9ClN2O3. The van der Waals surface area contributed by atoms with Crippen molar-refractivity contribution in [1.82, 2.24) is 0 Å². The van der Waals surface area contributed by atoms with Crippen LogP contribution in [0.1, 0.15) is 21.7 Å². The lowest BCUT2D eigenvalue weighted by Crippen LogP contribution is -2.05. The van der Waals surface area contributed by atoms with Crippen LogP contribution >= 0.6 is 11.6 Å². The molecule has 0 atom stereocenters. The minimum Gasteiger partial charge on any atom is -0.475 e. The largest absolute Gasteiger partial charge is 0.475 e. The maximum absolute atomic E-state index is 10.9. The van der Waals surface area contributed by atoms with Gasteiger partial charge in [0.2, 0.25) is 5.76 Å². The summed E-state index contributed by atoms with van der Waals surface area (Å²) in [5, 5.41) is 21.1. The Bertz CT molecular complexity index is 658. The maximum Gasteiger partial charge on any atom is 0.372 e. The lowest BCUT2D eigenvalue weighted by atomic mass is 10.2. The minimum atomic E-state index is -1.13. The molecule has 0 aliphatic carbocycles. The second kappa shape index (κ2) is 5.46. The zero-order valence-corrected chi connectivity index (χ0v) is 10.4. The molecule has 2 rings (SSSR count). The highest BCUT2D eigenvalue weighted by Crippen LogP contribution is 2.24. The number of hydrogen-bond donors (Lipinski definition) is 2. The van der Waals surface area contributed by atoms with Crippen molar-refractivity contribution in [3.05, 3.63) is 52.4 Å². The highest BCUT2D eigenvalue weighted by atomic mass is 35.5. The van der Waals surface area contributed by atoms with E-state index in [9.17, 15) is 4.79 Å². The molecule has 0 fully saturated rings. The molecule has 2 N–H and O–H groups in total. The molecule has 1 heterocycles. The summed E-state index contributed by atoms with van der Waals surface area (Å²) < 4.78 is 4.86. The van der Waals surface area contributed by atoms with Gasteiger partial charge in [-0.25, -0.2) is 4.79 Å². The molecule has 0 saturated carbocycles. The highest BCUT2D eigenvalue weighted by molar-refractivity contribution is 6.33. The molecule has 1 aromatic heterocycles. The Morgan fingerprint density at radius 2 is 2.26 bits per heavy atom. The third-order valence-electron chi connectivity index (χ3n) is 2.51. The van der Waals surface area contributed by atoms with Crippen LogP contribution in [0, 0.1) is 11.3 Å². The Morgan fingerprint density at radius 1 is 1.47 bits per heavy atom. The number of anilines is 1. The lowest BCUT2D eigenvalue weighted by Gasteiger charge is -2.08. The predicted octanol–water partition coefficient (Wildman–Crippen LogP) is 3.11. The molecule has 0 saturated heterocycles. The van der Waals surface area contributed by atoms with Crippen LogP contribution in [-0.4, -0.2) is 11.1 Å². The van der Waals surface area contributed by atoms with Gasteiger partial charge in [-0.15, -0.1) is 0 Å². The third-order valence-corrected chi connectivity index (χ3v) is 2.84. The molecule has 6 heteroatoms. The van der Waals surface area contributed by atoms with Crippen LogP contribution in [0.2, 0.25) is 5.02 Å². The summed E-state index contributed by atoms with van der Waals surface area (Å²) in [5.41, 5.74) is 1.54. The first-order valence-electron chi connectivity index (χ1n) is 5.35. The van der Waals surface area contributed by atoms with Gasteiger partial charge in [-0.05, 0) is 24.3 Å². The second-order valence-corrected chi connectivity index (χ2v) is 4.15. The number of furan rings is 1. The second-order valence-electron chi connectivity index (χ2n) is 3.74. The van der Waals surface area contributed by atoms with E-state index < -0.39 is 5.97 Å². The Kier molecular flexibility index (Phi) is 3.74. The standard InChI is InChI=1S/C13H9ClN2O3/c14-10-2-1-8(6-15)5-11(10)16-7-9-3-4-19-12(9)13(17)18/h1-5,16H,7H2,(H,17,18). The summed E-state index contributed by atoms with van der Waals surface area (Å²) >= 11 is 5.98. The van der Waals surface area contributed by atoms with Gasteiger partial charge in [-0.3, -0.25) is 0 Å². The number of benzene rings is 1. The topological polar surface area (TPSA) is 86.3 Å². The van der Waals surface area contributed by atoms with Crippen LogP contribution in [0.4, 0.5) is 5.69 Å². The normalized spacial score (nSPS) is 9.89. The van der Waals surface area contributed by atoms with Gasteiger partial charge in [-0.2, -0.15) is 5.26 Å². The van der Waals surface area contributed by atoms with Gasteiger partial charge in [0.05, 0.1) is 28.6 Å². The van der Waals surface area contributed by atoms with Crippen LogP contribution in [0.15, 0.2) is 34.9 Å². The average molecular weight is 277 g/mol. The van der Waals surface area contributed by atoms with Crippen molar-refractivity contribution in [2.75, 3.05) is 5.32 Å². The summed E-state index contributed by atoms with van der Waals surface area (Å²) in [4.78, 5) is 10.9. The summed E-state index contributed by atoms with van der Waals surface area (Å²) in [7, 11) is 0. The van der Waals surface area contributed by atoms with E-state index in [2.05, 4.69) is 5.32 Å². The molecule has 19 heavy (non-hydrogen) atoms. The van der Waals surface area contributed by atoms with Crippen molar-refractivity contribution in [3.8, 4) is 6.07 Å². The molecule has 2 aromatic rings. The molecule has 1 aromatic carbocycles. The van der Waals surface area contributed by atoms with Gasteiger partial charge in [0, 0.05) is 12.1 Å². The van der Waals surface area contributed by atoms with Gasteiger partial charge < -0.3 is 14.8 Å². The first-order valence-corrected chi connectivity index (χ1v) is 5.73. The van der Waals surface area contributed by atoms with E-state index in [1.165, 1.54) is 6.26 Å². The fraction of sp³-hybridized carbons (Fsp3) is 0.0769. The van der Waals surface area contributed by atoms with Crippen LogP contribution in [0.25, 0.3) is 0 Å². The van der Waals surface area contributed by atoms with Gasteiger partial charge >= 0.3 is 5.97 Å². The lowest BCUT2D eigenvalue weighted by molar-refractivity contribution is 0.0661. The first kappa shape index (κ1) is 13.0. The van der Waals surface area contributed by atoms with Gasteiger partial charge in [-0.1, -0.05) is 11.6 Å². The molecule has 96 valence electrons. The Hall–Kier alpha value is -2.45. The van der Waals surface area contributed by atoms with Crippen molar-refractivity contribution in [3.63, 3.8) is 0 Å². The molecule has 0 spiro atoms. The summed E-state index contributed by atoms with van der Waals surface area (Å²) in [6.45, 7) is 0.243. The number of carboxylic acid groups (broad SMARTS) is 1. The molecule has 0 unspecified atom stereocenters.